The molecule has 1 aliphatic carbocycles. The van der Waals surface area contributed by atoms with E-state index in [1.54, 1.807) is 0 Å². The van der Waals surface area contributed by atoms with Crippen LogP contribution < -0.4 is 5.32 Å². The molecule has 1 heterocycles. The lowest BCUT2D eigenvalue weighted by molar-refractivity contribution is 0.475. The maximum Gasteiger partial charge on any atom is 0.0492 e. The zero-order valence-electron chi connectivity index (χ0n) is 22.4. The number of unbranched alkanes of at least 4 members (excludes halogenated alkanes) is 3. The second-order valence-corrected chi connectivity index (χ2v) is 10.1. The predicted molar refractivity (Wildman–Crippen MR) is 154 cm³/mol. The van der Waals surface area contributed by atoms with Crippen molar-refractivity contribution in [1.29, 1.82) is 0 Å². The third kappa shape index (κ3) is 6.73. The molecule has 0 aromatic heterocycles. The monoisotopic (exact) mass is 491 g/mol. The Morgan fingerprint density at radius 3 is 2.57 bits per heavy atom. The first-order valence-corrected chi connectivity index (χ1v) is 13.4. The van der Waals surface area contributed by atoms with E-state index < -0.39 is 0 Å². The van der Waals surface area contributed by atoms with Gasteiger partial charge in [-0.05, 0) is 74.3 Å². The second kappa shape index (κ2) is 12.4. The maximum atomic E-state index is 6.36. The molecule has 0 spiro atoms. The minimum Gasteiger partial charge on any atom is -0.384 e. The molecule has 0 fully saturated rings. The lowest BCUT2D eigenvalue weighted by Gasteiger charge is -2.26. The summed E-state index contributed by atoms with van der Waals surface area (Å²) in [5, 5.41) is 4.34. The first-order valence-electron chi connectivity index (χ1n) is 13.0. The highest BCUT2D eigenvalue weighted by atomic mass is 35.5. The minimum atomic E-state index is 0.451. The van der Waals surface area contributed by atoms with Gasteiger partial charge in [-0.25, -0.2) is 0 Å². The van der Waals surface area contributed by atoms with E-state index in [2.05, 4.69) is 99.8 Å². The van der Waals surface area contributed by atoms with Crippen LogP contribution >= 0.6 is 11.6 Å². The molecular formula is C31H42ClN3. The highest BCUT2D eigenvalue weighted by Crippen LogP contribution is 2.40. The van der Waals surface area contributed by atoms with Crippen molar-refractivity contribution in [3.63, 3.8) is 0 Å². The number of halogens is 1. The highest BCUT2D eigenvalue weighted by Gasteiger charge is 2.27. The van der Waals surface area contributed by atoms with E-state index in [-0.39, 0.29) is 0 Å². The molecule has 0 radical (unpaired) electrons. The van der Waals surface area contributed by atoms with Crippen molar-refractivity contribution >= 4 is 23.0 Å². The Morgan fingerprint density at radius 2 is 1.89 bits per heavy atom. The molecule has 0 unspecified atom stereocenters. The first-order chi connectivity index (χ1) is 16.8. The predicted octanol–water partition coefficient (Wildman–Crippen LogP) is 8.76. The zero-order valence-corrected chi connectivity index (χ0v) is 23.2. The number of allylic oxidation sites excluding steroid dienone is 8. The van der Waals surface area contributed by atoms with Crippen LogP contribution in [0.3, 0.4) is 0 Å². The Morgan fingerprint density at radius 1 is 1.11 bits per heavy atom. The molecule has 1 aromatic carbocycles. The van der Waals surface area contributed by atoms with E-state index in [1.165, 1.54) is 41.8 Å². The molecule has 0 atom stereocenters. The number of hydrogen-bond donors (Lipinski definition) is 1. The largest absolute Gasteiger partial charge is 0.384 e. The zero-order chi connectivity index (χ0) is 25.5. The van der Waals surface area contributed by atoms with Gasteiger partial charge in [0.25, 0.3) is 0 Å². The Balaban J connectivity index is 1.89. The van der Waals surface area contributed by atoms with Gasteiger partial charge in [0, 0.05) is 64.8 Å². The molecule has 4 heteroatoms. The third-order valence-corrected chi connectivity index (χ3v) is 7.03. The summed E-state index contributed by atoms with van der Waals surface area (Å²) >= 11 is 6.36. The van der Waals surface area contributed by atoms with Crippen molar-refractivity contribution in [2.24, 2.45) is 5.92 Å². The van der Waals surface area contributed by atoms with Crippen molar-refractivity contribution < 1.29 is 0 Å². The molecule has 3 nitrogen and oxygen atoms in total. The van der Waals surface area contributed by atoms with Crippen LogP contribution in [0.4, 0.5) is 5.69 Å². The van der Waals surface area contributed by atoms with Gasteiger partial charge in [0.2, 0.25) is 0 Å². The third-order valence-electron chi connectivity index (χ3n) is 6.80. The van der Waals surface area contributed by atoms with Gasteiger partial charge in [0.05, 0.1) is 0 Å². The summed E-state index contributed by atoms with van der Waals surface area (Å²) in [4.78, 5) is 4.56. The molecule has 3 rings (SSSR count). The second-order valence-electron chi connectivity index (χ2n) is 9.71. The first kappa shape index (κ1) is 26.9. The summed E-state index contributed by atoms with van der Waals surface area (Å²) in [6, 6.07) is 6.03. The molecular weight excluding hydrogens is 450 g/mol. The van der Waals surface area contributed by atoms with E-state index in [0.717, 1.165) is 47.2 Å². The van der Waals surface area contributed by atoms with Gasteiger partial charge < -0.3 is 15.1 Å². The van der Waals surface area contributed by atoms with Gasteiger partial charge in [-0.3, -0.25) is 0 Å². The Bertz CT molecular complexity index is 1080. The molecule has 0 amide bonds. The van der Waals surface area contributed by atoms with Crippen LogP contribution in [0.25, 0.3) is 5.70 Å². The molecule has 1 N–H and O–H groups in total. The molecule has 35 heavy (non-hydrogen) atoms. The molecule has 1 aliphatic heterocycles. The molecule has 188 valence electrons. The summed E-state index contributed by atoms with van der Waals surface area (Å²) in [5.41, 5.74) is 9.48. The van der Waals surface area contributed by atoms with Gasteiger partial charge in [-0.1, -0.05) is 64.3 Å². The normalized spacial score (nSPS) is 16.9. The number of hydrogen-bond acceptors (Lipinski definition) is 3. The van der Waals surface area contributed by atoms with Crippen LogP contribution in [0.15, 0.2) is 83.4 Å². The van der Waals surface area contributed by atoms with Gasteiger partial charge in [-0.15, -0.1) is 0 Å². The minimum absolute atomic E-state index is 0.451. The molecule has 2 aliphatic rings. The quantitative estimate of drug-likeness (QED) is 0.312. The van der Waals surface area contributed by atoms with Crippen molar-refractivity contribution in [2.75, 3.05) is 25.5 Å². The number of nitrogens with zero attached hydrogens (tertiary/aromatic N) is 2. The van der Waals surface area contributed by atoms with E-state index in [4.69, 9.17) is 11.6 Å². The number of anilines is 1. The van der Waals surface area contributed by atoms with Crippen LogP contribution in [-0.4, -0.2) is 29.9 Å². The molecule has 0 saturated heterocycles. The smallest absolute Gasteiger partial charge is 0.0492 e. The van der Waals surface area contributed by atoms with Crippen LogP contribution in [0.2, 0.25) is 5.02 Å². The van der Waals surface area contributed by atoms with Gasteiger partial charge >= 0.3 is 0 Å². The van der Waals surface area contributed by atoms with Crippen LogP contribution in [0.1, 0.15) is 65.9 Å². The fourth-order valence-electron chi connectivity index (χ4n) is 4.53. The van der Waals surface area contributed by atoms with Crippen molar-refractivity contribution in [3.05, 3.63) is 94.0 Å². The summed E-state index contributed by atoms with van der Waals surface area (Å²) in [6.45, 7) is 17.5. The standard InChI is InChI=1S/C31H42ClN3/c1-8-10-11-12-19-33-30-20-25(32)14-17-28(30)24(6)34(7)26-15-13-23(5)35(9-2)31-21-29(31)27(18-16-26)22(3)4/h13-18,20-22,33H,6,8-12,19H2,1-5,7H3/b18-16?,23-13+,26-15?,29-27?. The highest BCUT2D eigenvalue weighted by molar-refractivity contribution is 6.31. The van der Waals surface area contributed by atoms with Crippen molar-refractivity contribution in [3.8, 4) is 0 Å². The summed E-state index contributed by atoms with van der Waals surface area (Å²) in [6.07, 6.45) is 16.1. The number of benzene rings is 1. The number of nitrogens with one attached hydrogen (secondary N) is 1. The van der Waals surface area contributed by atoms with Crippen LogP contribution in [0.5, 0.6) is 0 Å². The van der Waals surface area contributed by atoms with Gasteiger partial charge in [-0.2, -0.15) is 0 Å². The lowest BCUT2D eigenvalue weighted by Crippen LogP contribution is -2.18. The van der Waals surface area contributed by atoms with Gasteiger partial charge in [0.15, 0.2) is 0 Å². The summed E-state index contributed by atoms with van der Waals surface area (Å²) < 4.78 is 0. The molecule has 0 bridgehead atoms. The summed E-state index contributed by atoms with van der Waals surface area (Å²) in [5.74, 6) is 0.451. The fraction of sp³-hybridized carbons (Fsp3) is 0.419. The Labute approximate surface area is 218 Å². The number of likely N-dealkylation sites (N-methyl/N-ethyl adjacent to an activating group) is 2. The fourth-order valence-corrected chi connectivity index (χ4v) is 4.71. The van der Waals surface area contributed by atoms with Crippen LogP contribution in [-0.2, 0) is 0 Å². The van der Waals surface area contributed by atoms with Gasteiger partial charge in [0.1, 0.15) is 0 Å². The van der Waals surface area contributed by atoms with Crippen LogP contribution in [0, 0.1) is 5.92 Å². The number of fused-ring (bicyclic) bond motifs is 1. The van der Waals surface area contributed by atoms with Crippen molar-refractivity contribution in [1.82, 2.24) is 9.80 Å². The molecule has 0 saturated carbocycles. The summed E-state index contributed by atoms with van der Waals surface area (Å²) in [7, 11) is 2.09. The van der Waals surface area contributed by atoms with E-state index in [1.807, 2.05) is 12.1 Å². The molecule has 1 aromatic rings. The SMILES string of the molecule is C=C(c1ccc(Cl)cc1NCCCCCC)N(C)C1=C/C=C(\C)N(CC)C2=CC2=C(C(C)C)C=C1. The maximum absolute atomic E-state index is 6.36. The average molecular weight is 492 g/mol. The van der Waals surface area contributed by atoms with Crippen molar-refractivity contribution in [2.45, 2.75) is 60.3 Å². The Kier molecular flexibility index (Phi) is 9.51. The lowest BCUT2D eigenvalue weighted by atomic mass is 9.99. The number of rotatable bonds is 11. The average Bonchev–Trinajstić information content (AvgIpc) is 3.60. The Hall–Kier alpha value is -2.65. The topological polar surface area (TPSA) is 18.5 Å². The van der Waals surface area contributed by atoms with E-state index in [0.29, 0.717) is 5.92 Å². The van der Waals surface area contributed by atoms with E-state index >= 15 is 0 Å². The van der Waals surface area contributed by atoms with E-state index in [9.17, 15) is 0 Å².